The van der Waals surface area contributed by atoms with Gasteiger partial charge in [0.1, 0.15) is 12.6 Å². The van der Waals surface area contributed by atoms with Crippen LogP contribution in [0.25, 0.3) is 0 Å². The van der Waals surface area contributed by atoms with E-state index in [4.69, 9.17) is 10.00 Å². The molecule has 0 heterocycles. The highest BCUT2D eigenvalue weighted by molar-refractivity contribution is 5.76. The molecule has 5 nitrogen and oxygen atoms in total. The van der Waals surface area contributed by atoms with Gasteiger partial charge >= 0.3 is 6.61 Å². The second kappa shape index (κ2) is 10.1. The minimum atomic E-state index is -2.99. The van der Waals surface area contributed by atoms with E-state index in [1.165, 1.54) is 12.1 Å². The molecule has 1 rings (SSSR count). The van der Waals surface area contributed by atoms with E-state index in [0.717, 1.165) is 0 Å². The molecule has 1 aromatic carbocycles. The Morgan fingerprint density at radius 3 is 2.75 bits per heavy atom. The summed E-state index contributed by atoms with van der Waals surface area (Å²) in [6, 6.07) is 5.88. The molecule has 0 fully saturated rings. The Kier molecular flexibility index (Phi) is 8.07. The van der Waals surface area contributed by atoms with E-state index in [0.29, 0.717) is 12.0 Å². The standard InChI is InChI=1S/C17H18F2N2O3/c1-3-4-9-23-14-7-5-13(10-15(14)24-17(18)19)6-8-16(22)21-12(2)11-20/h5,7,10,12,17H,6,8-9H2,1-2H3,(H,21,22). The van der Waals surface area contributed by atoms with Gasteiger partial charge in [0, 0.05) is 6.42 Å². The predicted octanol–water partition coefficient (Wildman–Crippen LogP) is 2.65. The van der Waals surface area contributed by atoms with Crippen LogP contribution >= 0.6 is 0 Å². The van der Waals surface area contributed by atoms with Crippen molar-refractivity contribution in [2.45, 2.75) is 39.3 Å². The number of amides is 1. The Bertz CT molecular complexity index is 660. The molecule has 1 atom stereocenters. The number of hydrogen-bond acceptors (Lipinski definition) is 4. The molecule has 0 aliphatic heterocycles. The highest BCUT2D eigenvalue weighted by Gasteiger charge is 2.13. The van der Waals surface area contributed by atoms with Gasteiger partial charge in [-0.05, 0) is 38.0 Å². The van der Waals surface area contributed by atoms with Crippen LogP contribution in [0.2, 0.25) is 0 Å². The number of aryl methyl sites for hydroxylation is 1. The molecule has 1 N–H and O–H groups in total. The fourth-order valence-corrected chi connectivity index (χ4v) is 1.81. The minimum absolute atomic E-state index is 0.0594. The summed E-state index contributed by atoms with van der Waals surface area (Å²) >= 11 is 0. The zero-order valence-electron chi connectivity index (χ0n) is 13.4. The Hall–Kier alpha value is -2.80. The number of ether oxygens (including phenoxy) is 2. The van der Waals surface area contributed by atoms with Crippen molar-refractivity contribution in [2.24, 2.45) is 0 Å². The van der Waals surface area contributed by atoms with Crippen LogP contribution in [0.5, 0.6) is 11.5 Å². The van der Waals surface area contributed by atoms with Gasteiger partial charge in [-0.2, -0.15) is 14.0 Å². The maximum absolute atomic E-state index is 12.5. The van der Waals surface area contributed by atoms with Crippen LogP contribution in [-0.4, -0.2) is 25.2 Å². The number of halogens is 2. The molecule has 0 radical (unpaired) electrons. The molecular formula is C17H18F2N2O3. The van der Waals surface area contributed by atoms with E-state index in [2.05, 4.69) is 21.9 Å². The summed E-state index contributed by atoms with van der Waals surface area (Å²) < 4.78 is 34.8. The number of rotatable bonds is 8. The van der Waals surface area contributed by atoms with Crippen LogP contribution in [0, 0.1) is 23.2 Å². The summed E-state index contributed by atoms with van der Waals surface area (Å²) in [6.45, 7) is 0.280. The van der Waals surface area contributed by atoms with E-state index in [1.807, 2.05) is 6.07 Å². The number of nitriles is 1. The van der Waals surface area contributed by atoms with Crippen molar-refractivity contribution >= 4 is 5.91 Å². The van der Waals surface area contributed by atoms with Gasteiger partial charge in [0.15, 0.2) is 11.5 Å². The van der Waals surface area contributed by atoms with E-state index in [9.17, 15) is 13.6 Å². The molecule has 0 aromatic heterocycles. The van der Waals surface area contributed by atoms with Crippen LogP contribution in [0.1, 0.15) is 25.8 Å². The smallest absolute Gasteiger partial charge is 0.387 e. The third kappa shape index (κ3) is 6.97. The molecule has 1 amide bonds. The van der Waals surface area contributed by atoms with E-state index >= 15 is 0 Å². The fourth-order valence-electron chi connectivity index (χ4n) is 1.81. The molecule has 0 bridgehead atoms. The molecule has 128 valence electrons. The van der Waals surface area contributed by atoms with Gasteiger partial charge in [0.05, 0.1) is 6.07 Å². The summed E-state index contributed by atoms with van der Waals surface area (Å²) in [5.74, 6) is 5.05. The summed E-state index contributed by atoms with van der Waals surface area (Å²) in [6.07, 6.45) is 0.445. The number of benzene rings is 1. The van der Waals surface area contributed by atoms with Crippen LogP contribution in [0.3, 0.4) is 0 Å². The predicted molar refractivity (Wildman–Crippen MR) is 83.6 cm³/mol. The lowest BCUT2D eigenvalue weighted by atomic mass is 10.1. The summed E-state index contributed by atoms with van der Waals surface area (Å²) in [5.41, 5.74) is 0.638. The van der Waals surface area contributed by atoms with Crippen molar-refractivity contribution < 1.29 is 23.0 Å². The van der Waals surface area contributed by atoms with E-state index in [1.54, 1.807) is 19.9 Å². The van der Waals surface area contributed by atoms with Crippen molar-refractivity contribution in [3.63, 3.8) is 0 Å². The molecule has 24 heavy (non-hydrogen) atoms. The SMILES string of the molecule is CC#CCOc1ccc(CCC(=O)NC(C)C#N)cc1OC(F)F. The van der Waals surface area contributed by atoms with Gasteiger partial charge in [-0.25, -0.2) is 0 Å². The number of nitrogens with zero attached hydrogens (tertiary/aromatic N) is 1. The summed E-state index contributed by atoms with van der Waals surface area (Å²) in [4.78, 5) is 11.6. The van der Waals surface area contributed by atoms with Gasteiger partial charge in [0.25, 0.3) is 0 Å². The second-order valence-corrected chi connectivity index (χ2v) is 4.79. The quantitative estimate of drug-likeness (QED) is 0.741. The molecule has 0 aliphatic rings. The van der Waals surface area contributed by atoms with Crippen molar-refractivity contribution in [3.05, 3.63) is 23.8 Å². The monoisotopic (exact) mass is 336 g/mol. The first kappa shape index (κ1) is 19.2. The van der Waals surface area contributed by atoms with Crippen molar-refractivity contribution in [1.82, 2.24) is 5.32 Å². The molecule has 0 spiro atoms. The first-order valence-electron chi connectivity index (χ1n) is 7.25. The topological polar surface area (TPSA) is 71.3 Å². The van der Waals surface area contributed by atoms with Crippen molar-refractivity contribution in [1.29, 1.82) is 5.26 Å². The van der Waals surface area contributed by atoms with Crippen LogP contribution < -0.4 is 14.8 Å². The molecule has 7 heteroatoms. The maximum atomic E-state index is 12.5. The number of hydrogen-bond donors (Lipinski definition) is 1. The zero-order valence-corrected chi connectivity index (χ0v) is 13.4. The Morgan fingerprint density at radius 1 is 1.38 bits per heavy atom. The fraction of sp³-hybridized carbons (Fsp3) is 0.412. The lowest BCUT2D eigenvalue weighted by Crippen LogP contribution is -2.31. The van der Waals surface area contributed by atoms with Crippen LogP contribution in [0.4, 0.5) is 8.78 Å². The lowest BCUT2D eigenvalue weighted by Gasteiger charge is -2.12. The molecule has 0 aliphatic carbocycles. The Labute approximate surface area is 139 Å². The van der Waals surface area contributed by atoms with Gasteiger partial charge in [0.2, 0.25) is 5.91 Å². The first-order valence-corrected chi connectivity index (χ1v) is 7.25. The minimum Gasteiger partial charge on any atom is -0.477 e. The van der Waals surface area contributed by atoms with Gasteiger partial charge in [-0.3, -0.25) is 4.79 Å². The molecule has 1 unspecified atom stereocenters. The number of carbonyl (C=O) groups excluding carboxylic acids is 1. The zero-order chi connectivity index (χ0) is 17.9. The number of carbonyl (C=O) groups is 1. The highest BCUT2D eigenvalue weighted by atomic mass is 19.3. The Balaban J connectivity index is 2.76. The number of nitrogens with one attached hydrogen (secondary N) is 1. The van der Waals surface area contributed by atoms with E-state index < -0.39 is 12.7 Å². The molecule has 1 aromatic rings. The first-order chi connectivity index (χ1) is 11.5. The lowest BCUT2D eigenvalue weighted by molar-refractivity contribution is -0.121. The highest BCUT2D eigenvalue weighted by Crippen LogP contribution is 2.30. The molecular weight excluding hydrogens is 318 g/mol. The van der Waals surface area contributed by atoms with Crippen molar-refractivity contribution in [2.75, 3.05) is 6.61 Å². The third-order valence-electron chi connectivity index (χ3n) is 2.91. The average Bonchev–Trinajstić information content (AvgIpc) is 2.54. The van der Waals surface area contributed by atoms with Crippen molar-refractivity contribution in [3.8, 4) is 29.4 Å². The average molecular weight is 336 g/mol. The van der Waals surface area contributed by atoms with Gasteiger partial charge in [-0.1, -0.05) is 12.0 Å². The van der Waals surface area contributed by atoms with Crippen LogP contribution in [-0.2, 0) is 11.2 Å². The number of alkyl halides is 2. The molecule has 0 saturated carbocycles. The maximum Gasteiger partial charge on any atom is 0.387 e. The third-order valence-corrected chi connectivity index (χ3v) is 2.91. The van der Waals surface area contributed by atoms with E-state index in [-0.39, 0.29) is 30.4 Å². The Morgan fingerprint density at radius 2 is 2.12 bits per heavy atom. The van der Waals surface area contributed by atoms with Gasteiger partial charge in [-0.15, -0.1) is 5.92 Å². The van der Waals surface area contributed by atoms with Crippen LogP contribution in [0.15, 0.2) is 18.2 Å². The normalized spacial score (nSPS) is 11.0. The summed E-state index contributed by atoms with van der Waals surface area (Å²) in [7, 11) is 0. The molecule has 0 saturated heterocycles. The van der Waals surface area contributed by atoms with Gasteiger partial charge < -0.3 is 14.8 Å². The summed E-state index contributed by atoms with van der Waals surface area (Å²) in [5, 5.41) is 11.1. The second-order valence-electron chi connectivity index (χ2n) is 4.79. The largest absolute Gasteiger partial charge is 0.477 e.